The summed E-state index contributed by atoms with van der Waals surface area (Å²) in [5.41, 5.74) is 1.41. The molecule has 24 heavy (non-hydrogen) atoms. The average molecular weight is 396 g/mol. The van der Waals surface area contributed by atoms with E-state index in [-0.39, 0.29) is 6.54 Å². The Bertz CT molecular complexity index is 705. The lowest BCUT2D eigenvalue weighted by Crippen LogP contribution is -2.39. The molecule has 7 nitrogen and oxygen atoms in total. The van der Waals surface area contributed by atoms with Crippen LogP contribution in [0.2, 0.25) is 0 Å². The second-order valence-electron chi connectivity index (χ2n) is 5.49. The SMILES string of the molecule is CCCCN1C(=O)C(=O)N(CC(=O)Nc2ccc(Br)cc2C)C1=O. The van der Waals surface area contributed by atoms with Gasteiger partial charge in [-0.2, -0.15) is 0 Å². The van der Waals surface area contributed by atoms with Crippen LogP contribution in [0.3, 0.4) is 0 Å². The van der Waals surface area contributed by atoms with E-state index in [2.05, 4.69) is 21.2 Å². The van der Waals surface area contributed by atoms with Crippen molar-refractivity contribution in [1.29, 1.82) is 0 Å². The van der Waals surface area contributed by atoms with Gasteiger partial charge >= 0.3 is 17.8 Å². The third-order valence-electron chi connectivity index (χ3n) is 3.63. The minimum atomic E-state index is -0.959. The molecule has 0 radical (unpaired) electrons. The van der Waals surface area contributed by atoms with E-state index in [9.17, 15) is 19.2 Å². The van der Waals surface area contributed by atoms with Crippen LogP contribution in [0.5, 0.6) is 0 Å². The van der Waals surface area contributed by atoms with Gasteiger partial charge < -0.3 is 5.32 Å². The summed E-state index contributed by atoms with van der Waals surface area (Å²) in [7, 11) is 0. The summed E-state index contributed by atoms with van der Waals surface area (Å²) >= 11 is 3.33. The van der Waals surface area contributed by atoms with Crippen LogP contribution in [0.4, 0.5) is 10.5 Å². The number of urea groups is 1. The Kier molecular flexibility index (Phi) is 5.71. The van der Waals surface area contributed by atoms with Crippen molar-refractivity contribution in [3.05, 3.63) is 28.2 Å². The highest BCUT2D eigenvalue weighted by atomic mass is 79.9. The number of nitrogens with zero attached hydrogens (tertiary/aromatic N) is 2. The maximum Gasteiger partial charge on any atom is 0.334 e. The van der Waals surface area contributed by atoms with Gasteiger partial charge in [0.1, 0.15) is 6.54 Å². The zero-order chi connectivity index (χ0) is 17.9. The summed E-state index contributed by atoms with van der Waals surface area (Å²) in [4.78, 5) is 49.6. The molecule has 1 aliphatic rings. The van der Waals surface area contributed by atoms with E-state index in [4.69, 9.17) is 0 Å². The van der Waals surface area contributed by atoms with E-state index in [0.717, 1.165) is 21.4 Å². The Morgan fingerprint density at radius 2 is 1.83 bits per heavy atom. The zero-order valence-corrected chi connectivity index (χ0v) is 15.1. The van der Waals surface area contributed by atoms with Crippen LogP contribution in [0.1, 0.15) is 25.3 Å². The molecule has 128 valence electrons. The fourth-order valence-electron chi connectivity index (χ4n) is 2.30. The first-order valence-electron chi connectivity index (χ1n) is 7.58. The van der Waals surface area contributed by atoms with Crippen molar-refractivity contribution >= 4 is 45.4 Å². The molecule has 1 heterocycles. The molecule has 2 rings (SSSR count). The molecule has 1 saturated heterocycles. The molecule has 1 N–H and O–H groups in total. The molecule has 0 aromatic heterocycles. The van der Waals surface area contributed by atoms with Crippen molar-refractivity contribution in [3.8, 4) is 0 Å². The maximum atomic E-state index is 12.2. The number of aryl methyl sites for hydroxylation is 1. The zero-order valence-electron chi connectivity index (χ0n) is 13.5. The number of unbranched alkanes of at least 4 members (excludes halogenated alkanes) is 1. The van der Waals surface area contributed by atoms with Crippen molar-refractivity contribution in [2.75, 3.05) is 18.4 Å². The third-order valence-corrected chi connectivity index (χ3v) is 4.13. The highest BCUT2D eigenvalue weighted by Gasteiger charge is 2.44. The summed E-state index contributed by atoms with van der Waals surface area (Å²) in [6.07, 6.45) is 1.40. The number of benzene rings is 1. The molecule has 0 spiro atoms. The molecular weight excluding hydrogens is 378 g/mol. The second-order valence-corrected chi connectivity index (χ2v) is 6.41. The number of carbonyl (C=O) groups excluding carboxylic acids is 4. The van der Waals surface area contributed by atoms with E-state index in [1.807, 2.05) is 19.9 Å². The number of carbonyl (C=O) groups is 4. The number of imide groups is 2. The van der Waals surface area contributed by atoms with Crippen molar-refractivity contribution in [1.82, 2.24) is 9.80 Å². The van der Waals surface area contributed by atoms with E-state index in [1.165, 1.54) is 0 Å². The van der Waals surface area contributed by atoms with Gasteiger partial charge in [0, 0.05) is 16.7 Å². The molecule has 1 fully saturated rings. The Hall–Kier alpha value is -2.22. The molecule has 5 amide bonds. The lowest BCUT2D eigenvalue weighted by atomic mass is 10.2. The fraction of sp³-hybridized carbons (Fsp3) is 0.375. The highest BCUT2D eigenvalue weighted by molar-refractivity contribution is 9.10. The van der Waals surface area contributed by atoms with E-state index >= 15 is 0 Å². The second kappa shape index (κ2) is 7.57. The molecule has 0 unspecified atom stereocenters. The number of halogens is 1. The van der Waals surface area contributed by atoms with Crippen molar-refractivity contribution < 1.29 is 19.2 Å². The topological polar surface area (TPSA) is 86.8 Å². The predicted molar refractivity (Wildman–Crippen MR) is 91.2 cm³/mol. The minimum Gasteiger partial charge on any atom is -0.324 e. The van der Waals surface area contributed by atoms with Gasteiger partial charge in [-0.3, -0.25) is 19.3 Å². The van der Waals surface area contributed by atoms with Crippen LogP contribution >= 0.6 is 15.9 Å². The quantitative estimate of drug-likeness (QED) is 0.591. The van der Waals surface area contributed by atoms with Gasteiger partial charge in [-0.05, 0) is 37.1 Å². The average Bonchev–Trinajstić information content (AvgIpc) is 2.72. The molecule has 8 heteroatoms. The summed E-state index contributed by atoms with van der Waals surface area (Å²) in [5, 5.41) is 2.64. The highest BCUT2D eigenvalue weighted by Crippen LogP contribution is 2.20. The van der Waals surface area contributed by atoms with Gasteiger partial charge in [0.15, 0.2) is 0 Å². The maximum absolute atomic E-state index is 12.2. The van der Waals surface area contributed by atoms with Crippen molar-refractivity contribution in [3.63, 3.8) is 0 Å². The molecule has 1 aliphatic heterocycles. The molecular formula is C16H18BrN3O4. The minimum absolute atomic E-state index is 0.184. The largest absolute Gasteiger partial charge is 0.334 e. The standard InChI is InChI=1S/C16H18BrN3O4/c1-3-4-7-19-14(22)15(23)20(16(19)24)9-13(21)18-12-6-5-11(17)8-10(12)2/h5-6,8H,3-4,7,9H2,1-2H3,(H,18,21). The molecule has 0 saturated carbocycles. The summed E-state index contributed by atoms with van der Waals surface area (Å²) in [6.45, 7) is 3.44. The molecule has 0 aliphatic carbocycles. The van der Waals surface area contributed by atoms with E-state index in [0.29, 0.717) is 17.0 Å². The molecule has 0 atom stereocenters. The van der Waals surface area contributed by atoms with Crippen LogP contribution < -0.4 is 5.32 Å². The van der Waals surface area contributed by atoms with Gasteiger partial charge in [-0.1, -0.05) is 29.3 Å². The Balaban J connectivity index is 2.04. The van der Waals surface area contributed by atoms with Crippen LogP contribution in [-0.4, -0.2) is 46.6 Å². The molecule has 1 aromatic rings. The van der Waals surface area contributed by atoms with Crippen molar-refractivity contribution in [2.45, 2.75) is 26.7 Å². The van der Waals surface area contributed by atoms with Crippen LogP contribution in [0.15, 0.2) is 22.7 Å². The number of hydrogen-bond acceptors (Lipinski definition) is 4. The Morgan fingerprint density at radius 3 is 2.46 bits per heavy atom. The van der Waals surface area contributed by atoms with Gasteiger partial charge in [-0.15, -0.1) is 0 Å². The number of hydrogen-bond donors (Lipinski definition) is 1. The lowest BCUT2D eigenvalue weighted by Gasteiger charge is -2.15. The summed E-state index contributed by atoms with van der Waals surface area (Å²) in [5.74, 6) is -2.37. The number of anilines is 1. The summed E-state index contributed by atoms with van der Waals surface area (Å²) in [6, 6.07) is 4.58. The lowest BCUT2D eigenvalue weighted by molar-refractivity contribution is -0.143. The van der Waals surface area contributed by atoms with Crippen LogP contribution in [0, 0.1) is 6.92 Å². The number of rotatable bonds is 6. The van der Waals surface area contributed by atoms with E-state index in [1.54, 1.807) is 12.1 Å². The van der Waals surface area contributed by atoms with E-state index < -0.39 is 30.3 Å². The normalized spacial score (nSPS) is 14.5. The first-order valence-corrected chi connectivity index (χ1v) is 8.37. The van der Waals surface area contributed by atoms with Crippen molar-refractivity contribution in [2.24, 2.45) is 0 Å². The number of nitrogens with one attached hydrogen (secondary N) is 1. The smallest absolute Gasteiger partial charge is 0.324 e. The molecule has 0 bridgehead atoms. The summed E-state index contributed by atoms with van der Waals surface area (Å²) < 4.78 is 0.875. The van der Waals surface area contributed by atoms with Gasteiger partial charge in [0.25, 0.3) is 0 Å². The fourth-order valence-corrected chi connectivity index (χ4v) is 2.78. The Morgan fingerprint density at radius 1 is 1.17 bits per heavy atom. The Labute approximate surface area is 148 Å². The molecule has 1 aromatic carbocycles. The van der Waals surface area contributed by atoms with Gasteiger partial charge in [-0.25, -0.2) is 9.69 Å². The van der Waals surface area contributed by atoms with Crippen LogP contribution in [0.25, 0.3) is 0 Å². The van der Waals surface area contributed by atoms with Crippen LogP contribution in [-0.2, 0) is 14.4 Å². The number of amides is 5. The predicted octanol–water partition coefficient (Wildman–Crippen LogP) is 2.29. The van der Waals surface area contributed by atoms with Gasteiger partial charge in [0.2, 0.25) is 5.91 Å². The van der Waals surface area contributed by atoms with Gasteiger partial charge in [0.05, 0.1) is 0 Å². The third kappa shape index (κ3) is 3.81. The monoisotopic (exact) mass is 395 g/mol. The first kappa shape index (κ1) is 18.1. The first-order chi connectivity index (χ1) is 11.3.